The number of ether oxygens (including phenoxy) is 1. The summed E-state index contributed by atoms with van der Waals surface area (Å²) in [6.45, 7) is 0.282. The summed E-state index contributed by atoms with van der Waals surface area (Å²) in [5, 5.41) is 7.21. The lowest BCUT2D eigenvalue weighted by Gasteiger charge is -2.10. The Morgan fingerprint density at radius 2 is 2.20 bits per heavy atom. The van der Waals surface area contributed by atoms with Crippen LogP contribution in [0.2, 0.25) is 0 Å². The molecule has 1 aliphatic rings. The van der Waals surface area contributed by atoms with Gasteiger partial charge in [0.25, 0.3) is 0 Å². The van der Waals surface area contributed by atoms with Crippen molar-refractivity contribution in [3.05, 3.63) is 54.2 Å². The monoisotopic (exact) mass is 339 g/mol. The molecule has 0 atom stereocenters. The van der Waals surface area contributed by atoms with E-state index in [1.807, 2.05) is 19.3 Å². The average Bonchev–Trinajstić information content (AvgIpc) is 3.34. The highest BCUT2D eigenvalue weighted by Crippen LogP contribution is 2.29. The number of anilines is 1. The standard InChI is InChI=1S/C18H18FN5O/c1-24-11-13(10-22-24)15-7-8-20-18(23-15)21-9-12-3-2-4-16(17(12)19)25-14-5-6-14/h2-4,7-8,10-11,14H,5-6,9H2,1H3,(H,20,21,23). The maximum atomic E-state index is 14.5. The van der Waals surface area contributed by atoms with Crippen LogP contribution in [0, 0.1) is 5.82 Å². The summed E-state index contributed by atoms with van der Waals surface area (Å²) < 4.78 is 21.8. The van der Waals surface area contributed by atoms with Gasteiger partial charge in [0.1, 0.15) is 0 Å². The number of aromatic nitrogens is 4. The fourth-order valence-electron chi connectivity index (χ4n) is 2.48. The molecule has 25 heavy (non-hydrogen) atoms. The van der Waals surface area contributed by atoms with Crippen molar-refractivity contribution in [2.75, 3.05) is 5.32 Å². The van der Waals surface area contributed by atoms with Crippen LogP contribution in [0.4, 0.5) is 10.3 Å². The number of nitrogens with zero attached hydrogens (tertiary/aromatic N) is 4. The smallest absolute Gasteiger partial charge is 0.223 e. The van der Waals surface area contributed by atoms with Crippen molar-refractivity contribution in [1.82, 2.24) is 19.7 Å². The molecule has 0 bridgehead atoms. The molecule has 1 saturated carbocycles. The van der Waals surface area contributed by atoms with E-state index in [1.54, 1.807) is 35.3 Å². The third-order valence-corrected chi connectivity index (χ3v) is 3.95. The van der Waals surface area contributed by atoms with Gasteiger partial charge >= 0.3 is 0 Å². The van der Waals surface area contributed by atoms with Gasteiger partial charge in [-0.15, -0.1) is 0 Å². The van der Waals surface area contributed by atoms with Crippen LogP contribution in [-0.4, -0.2) is 25.9 Å². The number of benzene rings is 1. The van der Waals surface area contributed by atoms with Crippen molar-refractivity contribution in [3.63, 3.8) is 0 Å². The number of hydrogen-bond donors (Lipinski definition) is 1. The summed E-state index contributed by atoms with van der Waals surface area (Å²) in [4.78, 5) is 8.65. The summed E-state index contributed by atoms with van der Waals surface area (Å²) in [5.74, 6) is 0.423. The number of aryl methyl sites for hydroxylation is 1. The molecule has 0 aliphatic heterocycles. The molecule has 1 N–H and O–H groups in total. The van der Waals surface area contributed by atoms with Gasteiger partial charge in [0, 0.05) is 37.1 Å². The predicted molar refractivity (Wildman–Crippen MR) is 91.6 cm³/mol. The lowest BCUT2D eigenvalue weighted by atomic mass is 10.2. The van der Waals surface area contributed by atoms with E-state index in [4.69, 9.17) is 4.74 Å². The van der Waals surface area contributed by atoms with Crippen molar-refractivity contribution in [1.29, 1.82) is 0 Å². The number of halogens is 1. The zero-order valence-electron chi connectivity index (χ0n) is 13.8. The SMILES string of the molecule is Cn1cc(-c2ccnc(NCc3cccc(OC4CC4)c3F)n2)cn1. The highest BCUT2D eigenvalue weighted by molar-refractivity contribution is 5.57. The van der Waals surface area contributed by atoms with E-state index in [9.17, 15) is 4.39 Å². The average molecular weight is 339 g/mol. The molecule has 2 heterocycles. The minimum Gasteiger partial charge on any atom is -0.487 e. The van der Waals surface area contributed by atoms with E-state index >= 15 is 0 Å². The van der Waals surface area contributed by atoms with Crippen LogP contribution in [0.5, 0.6) is 5.75 Å². The Balaban J connectivity index is 1.48. The Labute approximate surface area is 144 Å². The van der Waals surface area contributed by atoms with Gasteiger partial charge in [0.15, 0.2) is 11.6 Å². The van der Waals surface area contributed by atoms with E-state index in [0.29, 0.717) is 17.3 Å². The van der Waals surface area contributed by atoms with Crippen LogP contribution < -0.4 is 10.1 Å². The lowest BCUT2D eigenvalue weighted by Crippen LogP contribution is -2.07. The molecule has 0 saturated heterocycles. The molecule has 1 aliphatic carbocycles. The van der Waals surface area contributed by atoms with E-state index in [0.717, 1.165) is 24.1 Å². The second-order valence-corrected chi connectivity index (χ2v) is 6.07. The molecule has 0 amide bonds. The fourth-order valence-corrected chi connectivity index (χ4v) is 2.48. The number of rotatable bonds is 6. The van der Waals surface area contributed by atoms with Crippen molar-refractivity contribution < 1.29 is 9.13 Å². The van der Waals surface area contributed by atoms with Crippen LogP contribution >= 0.6 is 0 Å². The summed E-state index contributed by atoms with van der Waals surface area (Å²) in [6.07, 6.45) is 7.45. The van der Waals surface area contributed by atoms with Gasteiger partial charge in [-0.25, -0.2) is 14.4 Å². The Kier molecular flexibility index (Phi) is 4.05. The third-order valence-electron chi connectivity index (χ3n) is 3.95. The second-order valence-electron chi connectivity index (χ2n) is 6.07. The van der Waals surface area contributed by atoms with Crippen molar-refractivity contribution in [2.24, 2.45) is 7.05 Å². The first-order valence-electron chi connectivity index (χ1n) is 8.19. The van der Waals surface area contributed by atoms with Crippen LogP contribution in [0.15, 0.2) is 42.9 Å². The van der Waals surface area contributed by atoms with Crippen LogP contribution in [0.3, 0.4) is 0 Å². The molecule has 0 unspecified atom stereocenters. The molecular weight excluding hydrogens is 321 g/mol. The lowest BCUT2D eigenvalue weighted by molar-refractivity contribution is 0.286. The molecule has 1 fully saturated rings. The zero-order valence-corrected chi connectivity index (χ0v) is 13.8. The van der Waals surface area contributed by atoms with E-state index in [-0.39, 0.29) is 18.5 Å². The maximum Gasteiger partial charge on any atom is 0.223 e. The van der Waals surface area contributed by atoms with E-state index in [2.05, 4.69) is 20.4 Å². The third kappa shape index (κ3) is 3.60. The van der Waals surface area contributed by atoms with Crippen molar-refractivity contribution >= 4 is 5.95 Å². The topological polar surface area (TPSA) is 64.9 Å². The zero-order chi connectivity index (χ0) is 17.2. The first-order valence-corrected chi connectivity index (χ1v) is 8.19. The van der Waals surface area contributed by atoms with E-state index in [1.165, 1.54) is 0 Å². The van der Waals surface area contributed by atoms with Gasteiger partial charge in [-0.3, -0.25) is 4.68 Å². The van der Waals surface area contributed by atoms with Crippen LogP contribution in [0.1, 0.15) is 18.4 Å². The van der Waals surface area contributed by atoms with Gasteiger partial charge in [0.2, 0.25) is 5.95 Å². The highest BCUT2D eigenvalue weighted by atomic mass is 19.1. The molecule has 0 radical (unpaired) electrons. The molecule has 128 valence electrons. The normalized spacial score (nSPS) is 13.7. The Morgan fingerprint density at radius 1 is 1.32 bits per heavy atom. The minimum absolute atomic E-state index is 0.164. The first-order chi connectivity index (χ1) is 12.2. The van der Waals surface area contributed by atoms with Gasteiger partial charge in [-0.05, 0) is 25.0 Å². The van der Waals surface area contributed by atoms with Crippen LogP contribution in [0.25, 0.3) is 11.3 Å². The number of nitrogens with one attached hydrogen (secondary N) is 1. The van der Waals surface area contributed by atoms with Gasteiger partial charge in [-0.2, -0.15) is 5.10 Å². The minimum atomic E-state index is -0.328. The molecule has 2 aromatic heterocycles. The summed E-state index contributed by atoms with van der Waals surface area (Å²) >= 11 is 0. The summed E-state index contributed by atoms with van der Waals surface area (Å²) in [7, 11) is 1.85. The number of hydrogen-bond acceptors (Lipinski definition) is 5. The molecule has 0 spiro atoms. The van der Waals surface area contributed by atoms with Gasteiger partial charge < -0.3 is 10.1 Å². The molecule has 3 aromatic rings. The molecule has 6 nitrogen and oxygen atoms in total. The predicted octanol–water partition coefficient (Wildman–Crippen LogP) is 3.17. The molecule has 7 heteroatoms. The Morgan fingerprint density at radius 3 is 2.96 bits per heavy atom. The largest absolute Gasteiger partial charge is 0.487 e. The van der Waals surface area contributed by atoms with E-state index < -0.39 is 0 Å². The summed E-state index contributed by atoms with van der Waals surface area (Å²) in [5.41, 5.74) is 2.18. The second kappa shape index (κ2) is 6.51. The molecular formula is C18H18FN5O. The molecule has 4 rings (SSSR count). The quantitative estimate of drug-likeness (QED) is 0.747. The van der Waals surface area contributed by atoms with Gasteiger partial charge in [0.05, 0.1) is 18.0 Å². The van der Waals surface area contributed by atoms with Gasteiger partial charge in [-0.1, -0.05) is 12.1 Å². The highest BCUT2D eigenvalue weighted by Gasteiger charge is 2.25. The molecule has 1 aromatic carbocycles. The maximum absolute atomic E-state index is 14.5. The Hall–Kier alpha value is -2.96. The van der Waals surface area contributed by atoms with Crippen molar-refractivity contribution in [2.45, 2.75) is 25.5 Å². The Bertz CT molecular complexity index is 891. The van der Waals surface area contributed by atoms with Crippen molar-refractivity contribution in [3.8, 4) is 17.0 Å². The van der Waals surface area contributed by atoms with Crippen LogP contribution in [-0.2, 0) is 13.6 Å². The summed E-state index contributed by atoms with van der Waals surface area (Å²) in [6, 6.07) is 7.00. The fraction of sp³-hybridized carbons (Fsp3) is 0.278. The first kappa shape index (κ1) is 15.6.